The molecule has 1 aromatic heterocycles. The fourth-order valence-electron chi connectivity index (χ4n) is 2.19. The van der Waals surface area contributed by atoms with E-state index in [1.54, 1.807) is 12.3 Å². The largest absolute Gasteiger partial charge is 0.390 e. The highest BCUT2D eigenvalue weighted by molar-refractivity contribution is 5.43. The van der Waals surface area contributed by atoms with Crippen LogP contribution in [0.3, 0.4) is 0 Å². The van der Waals surface area contributed by atoms with Crippen molar-refractivity contribution in [2.24, 2.45) is 0 Å². The zero-order chi connectivity index (χ0) is 15.2. The monoisotopic (exact) mass is 296 g/mol. The molecular formula is C14H24N4O3. The topological polar surface area (TPSA) is 79.6 Å². The van der Waals surface area contributed by atoms with Gasteiger partial charge < -0.3 is 20.1 Å². The Morgan fingerprint density at radius 1 is 1.43 bits per heavy atom. The molecule has 2 heterocycles. The molecule has 1 aromatic rings. The molecule has 21 heavy (non-hydrogen) atoms. The molecule has 7 heteroatoms. The van der Waals surface area contributed by atoms with E-state index in [-0.39, 0.29) is 12.1 Å². The summed E-state index contributed by atoms with van der Waals surface area (Å²) in [6.07, 6.45) is 1.04. The highest BCUT2D eigenvalue weighted by atomic mass is 16.5. The number of anilines is 1. The quantitative estimate of drug-likeness (QED) is 0.732. The highest BCUT2D eigenvalue weighted by Crippen LogP contribution is 2.11. The molecule has 1 aliphatic rings. The van der Waals surface area contributed by atoms with Crippen LogP contribution >= 0.6 is 0 Å². The van der Waals surface area contributed by atoms with Crippen molar-refractivity contribution >= 4 is 5.69 Å². The van der Waals surface area contributed by atoms with E-state index in [9.17, 15) is 9.90 Å². The standard InChI is InChI=1S/C14H24N4O3/c1-11(2)15-9-13(19)10-18-14(20)7-12(8-16-18)17-3-5-21-6-4-17/h7-8,11,13,15,19H,3-6,9-10H2,1-2H3. The van der Waals surface area contributed by atoms with Crippen LogP contribution in [-0.4, -0.2) is 59.9 Å². The molecule has 0 aromatic carbocycles. The van der Waals surface area contributed by atoms with Gasteiger partial charge in [-0.25, -0.2) is 4.68 Å². The molecule has 0 radical (unpaired) electrons. The van der Waals surface area contributed by atoms with E-state index in [1.807, 2.05) is 13.8 Å². The number of morpholine rings is 1. The fraction of sp³-hybridized carbons (Fsp3) is 0.714. The van der Waals surface area contributed by atoms with Crippen LogP contribution in [0.1, 0.15) is 13.8 Å². The van der Waals surface area contributed by atoms with E-state index < -0.39 is 6.10 Å². The van der Waals surface area contributed by atoms with Gasteiger partial charge in [0, 0.05) is 31.7 Å². The molecule has 2 rings (SSSR count). The Kier molecular flexibility index (Phi) is 5.72. The Labute approximate surface area is 124 Å². The van der Waals surface area contributed by atoms with Gasteiger partial charge in [-0.2, -0.15) is 5.10 Å². The lowest BCUT2D eigenvalue weighted by molar-refractivity contribution is 0.122. The fourth-order valence-corrected chi connectivity index (χ4v) is 2.19. The van der Waals surface area contributed by atoms with Gasteiger partial charge in [0.1, 0.15) is 0 Å². The van der Waals surface area contributed by atoms with E-state index in [0.29, 0.717) is 25.8 Å². The van der Waals surface area contributed by atoms with Crippen molar-refractivity contribution in [1.82, 2.24) is 15.1 Å². The summed E-state index contributed by atoms with van der Waals surface area (Å²) in [7, 11) is 0. The first kappa shape index (κ1) is 15.9. The molecule has 0 aliphatic carbocycles. The van der Waals surface area contributed by atoms with Crippen LogP contribution in [0.15, 0.2) is 17.1 Å². The first-order valence-electron chi connectivity index (χ1n) is 7.37. The number of aromatic nitrogens is 2. The number of nitrogens with one attached hydrogen (secondary N) is 1. The van der Waals surface area contributed by atoms with Gasteiger partial charge in [0.05, 0.1) is 37.7 Å². The van der Waals surface area contributed by atoms with Crippen LogP contribution in [0.4, 0.5) is 5.69 Å². The molecule has 0 saturated carbocycles. The summed E-state index contributed by atoms with van der Waals surface area (Å²) < 4.78 is 6.59. The maximum absolute atomic E-state index is 12.1. The average molecular weight is 296 g/mol. The van der Waals surface area contributed by atoms with E-state index >= 15 is 0 Å². The average Bonchev–Trinajstić information content (AvgIpc) is 2.48. The van der Waals surface area contributed by atoms with Crippen molar-refractivity contribution < 1.29 is 9.84 Å². The van der Waals surface area contributed by atoms with Gasteiger partial charge in [0.25, 0.3) is 5.56 Å². The van der Waals surface area contributed by atoms with E-state index in [4.69, 9.17) is 4.74 Å². The van der Waals surface area contributed by atoms with E-state index in [2.05, 4.69) is 15.3 Å². The Balaban J connectivity index is 1.97. The van der Waals surface area contributed by atoms with Crippen molar-refractivity contribution in [3.8, 4) is 0 Å². The molecule has 0 spiro atoms. The van der Waals surface area contributed by atoms with E-state index in [0.717, 1.165) is 18.8 Å². The number of aliphatic hydroxyl groups is 1. The molecule has 2 N–H and O–H groups in total. The van der Waals surface area contributed by atoms with E-state index in [1.165, 1.54) is 4.68 Å². The van der Waals surface area contributed by atoms with Crippen molar-refractivity contribution in [1.29, 1.82) is 0 Å². The lowest BCUT2D eigenvalue weighted by Crippen LogP contribution is -2.39. The number of nitrogens with zero attached hydrogens (tertiary/aromatic N) is 3. The minimum Gasteiger partial charge on any atom is -0.390 e. The predicted molar refractivity (Wildman–Crippen MR) is 80.7 cm³/mol. The molecule has 0 bridgehead atoms. The Morgan fingerprint density at radius 2 is 2.14 bits per heavy atom. The van der Waals surface area contributed by atoms with Gasteiger partial charge in [-0.1, -0.05) is 13.8 Å². The molecule has 1 aliphatic heterocycles. The van der Waals surface area contributed by atoms with Crippen molar-refractivity contribution in [3.05, 3.63) is 22.6 Å². The van der Waals surface area contributed by atoms with Crippen molar-refractivity contribution in [3.63, 3.8) is 0 Å². The summed E-state index contributed by atoms with van der Waals surface area (Å²) in [6, 6.07) is 1.87. The number of aliphatic hydroxyl groups excluding tert-OH is 1. The second-order valence-corrected chi connectivity index (χ2v) is 5.55. The van der Waals surface area contributed by atoms with Gasteiger partial charge in [-0.05, 0) is 0 Å². The zero-order valence-electron chi connectivity index (χ0n) is 12.7. The van der Waals surface area contributed by atoms with Crippen LogP contribution in [0.2, 0.25) is 0 Å². The first-order chi connectivity index (χ1) is 10.1. The molecule has 7 nitrogen and oxygen atoms in total. The van der Waals surface area contributed by atoms with Gasteiger partial charge in [0.2, 0.25) is 0 Å². The van der Waals surface area contributed by atoms with Gasteiger partial charge in [-0.15, -0.1) is 0 Å². The number of hydrogen-bond acceptors (Lipinski definition) is 6. The smallest absolute Gasteiger partial charge is 0.268 e. The summed E-state index contributed by atoms with van der Waals surface area (Å²) in [4.78, 5) is 14.1. The van der Waals surface area contributed by atoms with Crippen molar-refractivity contribution in [2.45, 2.75) is 32.5 Å². The zero-order valence-corrected chi connectivity index (χ0v) is 12.7. The third-order valence-electron chi connectivity index (χ3n) is 3.38. The molecule has 1 saturated heterocycles. The summed E-state index contributed by atoms with van der Waals surface area (Å²) in [6.45, 7) is 7.53. The van der Waals surface area contributed by atoms with Gasteiger partial charge in [-0.3, -0.25) is 4.79 Å². The molecule has 1 fully saturated rings. The minimum atomic E-state index is -0.633. The predicted octanol–water partition coefficient (Wildman–Crippen LogP) is -0.561. The molecule has 1 unspecified atom stereocenters. The molecule has 1 atom stereocenters. The minimum absolute atomic E-state index is 0.192. The summed E-state index contributed by atoms with van der Waals surface area (Å²) in [5, 5.41) is 17.2. The maximum Gasteiger partial charge on any atom is 0.268 e. The molecule has 118 valence electrons. The summed E-state index contributed by atoms with van der Waals surface area (Å²) >= 11 is 0. The lowest BCUT2D eigenvalue weighted by Gasteiger charge is -2.28. The Morgan fingerprint density at radius 3 is 2.76 bits per heavy atom. The lowest BCUT2D eigenvalue weighted by atomic mass is 10.3. The number of hydrogen-bond donors (Lipinski definition) is 2. The van der Waals surface area contributed by atoms with Gasteiger partial charge in [0.15, 0.2) is 0 Å². The highest BCUT2D eigenvalue weighted by Gasteiger charge is 2.14. The third-order valence-corrected chi connectivity index (χ3v) is 3.38. The van der Waals surface area contributed by atoms with Crippen LogP contribution < -0.4 is 15.8 Å². The van der Waals surface area contributed by atoms with Crippen LogP contribution in [0.5, 0.6) is 0 Å². The second kappa shape index (κ2) is 7.53. The second-order valence-electron chi connectivity index (χ2n) is 5.55. The normalized spacial score (nSPS) is 17.2. The summed E-state index contributed by atoms with van der Waals surface area (Å²) in [5.41, 5.74) is 0.622. The number of rotatable bonds is 6. The molecule has 0 amide bonds. The Bertz CT molecular complexity index is 497. The first-order valence-corrected chi connectivity index (χ1v) is 7.37. The summed E-state index contributed by atoms with van der Waals surface area (Å²) in [5.74, 6) is 0. The Hall–Kier alpha value is -1.44. The van der Waals surface area contributed by atoms with Crippen LogP contribution in [0, 0.1) is 0 Å². The molecular weight excluding hydrogens is 272 g/mol. The van der Waals surface area contributed by atoms with Gasteiger partial charge >= 0.3 is 0 Å². The number of ether oxygens (including phenoxy) is 1. The van der Waals surface area contributed by atoms with Crippen LogP contribution in [-0.2, 0) is 11.3 Å². The van der Waals surface area contributed by atoms with Crippen LogP contribution in [0.25, 0.3) is 0 Å². The SMILES string of the molecule is CC(C)NCC(O)Cn1ncc(N2CCOCC2)cc1=O. The third kappa shape index (κ3) is 4.80. The van der Waals surface area contributed by atoms with Crippen molar-refractivity contribution in [2.75, 3.05) is 37.7 Å². The maximum atomic E-state index is 12.1.